The minimum Gasteiger partial charge on any atom is -0.495 e. The van der Waals surface area contributed by atoms with Gasteiger partial charge < -0.3 is 10.1 Å². The molecule has 168 valence electrons. The highest BCUT2D eigenvalue weighted by molar-refractivity contribution is 6.46. The summed E-state index contributed by atoms with van der Waals surface area (Å²) in [6, 6.07) is 15.4. The van der Waals surface area contributed by atoms with Gasteiger partial charge in [0.05, 0.1) is 29.6 Å². The zero-order valence-corrected chi connectivity index (χ0v) is 17.1. The molecule has 1 aliphatic rings. The summed E-state index contributed by atoms with van der Waals surface area (Å²) in [6.07, 6.45) is -4.66. The smallest absolute Gasteiger partial charge is 0.416 e. The zero-order valence-electron chi connectivity index (χ0n) is 17.1. The summed E-state index contributed by atoms with van der Waals surface area (Å²) < 4.78 is 58.4. The lowest BCUT2D eigenvalue weighted by Crippen LogP contribution is -2.32. The van der Waals surface area contributed by atoms with Crippen LogP contribution in [0.1, 0.15) is 11.1 Å². The largest absolute Gasteiger partial charge is 0.495 e. The van der Waals surface area contributed by atoms with E-state index in [1.807, 2.05) is 0 Å². The molecule has 9 heteroatoms. The molecule has 0 atom stereocenters. The third-order valence-corrected chi connectivity index (χ3v) is 5.02. The molecule has 3 aromatic rings. The van der Waals surface area contributed by atoms with Crippen LogP contribution in [0.5, 0.6) is 5.75 Å². The van der Waals surface area contributed by atoms with Gasteiger partial charge in [-0.3, -0.25) is 9.59 Å². The number of halogens is 4. The highest BCUT2D eigenvalue weighted by Gasteiger charge is 2.41. The number of nitrogens with zero attached hydrogens (tertiary/aromatic N) is 1. The lowest BCUT2D eigenvalue weighted by molar-refractivity contribution is -0.137. The fourth-order valence-corrected chi connectivity index (χ4v) is 3.47. The Balaban J connectivity index is 1.84. The molecule has 0 unspecified atom stereocenters. The fraction of sp³-hybridized carbons (Fsp3) is 0.0833. The van der Waals surface area contributed by atoms with E-state index >= 15 is 0 Å². The van der Waals surface area contributed by atoms with Gasteiger partial charge in [-0.25, -0.2) is 9.29 Å². The van der Waals surface area contributed by atoms with Crippen LogP contribution < -0.4 is 15.0 Å². The normalized spacial score (nSPS) is 14.2. The maximum Gasteiger partial charge on any atom is 0.416 e. The molecule has 1 heterocycles. The van der Waals surface area contributed by atoms with E-state index in [4.69, 9.17) is 4.74 Å². The van der Waals surface area contributed by atoms with Crippen LogP contribution in [0.25, 0.3) is 5.57 Å². The summed E-state index contributed by atoms with van der Waals surface area (Å²) in [5, 5.41) is 2.87. The van der Waals surface area contributed by atoms with Gasteiger partial charge in [0.25, 0.3) is 11.8 Å². The Labute approximate surface area is 185 Å². The highest BCUT2D eigenvalue weighted by atomic mass is 19.4. The number of carbonyl (C=O) groups excluding carboxylic acids is 2. The standard InChI is InChI=1S/C24H16F4N2O3/c1-33-19-8-3-2-7-18(19)29-21-20(14-9-11-16(25)12-10-14)22(31)30(23(21)32)17-6-4-5-15(13-17)24(26,27)28/h2-13,29H,1H3. The third kappa shape index (κ3) is 4.17. The van der Waals surface area contributed by atoms with Crippen molar-refractivity contribution in [2.75, 3.05) is 17.3 Å². The average Bonchev–Trinajstić information content (AvgIpc) is 3.03. The maximum absolute atomic E-state index is 13.5. The van der Waals surface area contributed by atoms with E-state index in [2.05, 4.69) is 5.32 Å². The van der Waals surface area contributed by atoms with Crippen molar-refractivity contribution in [1.29, 1.82) is 0 Å². The lowest BCUT2D eigenvalue weighted by Gasteiger charge is -2.17. The van der Waals surface area contributed by atoms with Crippen LogP contribution in [0.3, 0.4) is 0 Å². The number of methoxy groups -OCH3 is 1. The first-order valence-electron chi connectivity index (χ1n) is 9.67. The second kappa shape index (κ2) is 8.42. The van der Waals surface area contributed by atoms with Gasteiger partial charge in [0.15, 0.2) is 0 Å². The minimum atomic E-state index is -4.66. The molecule has 0 fully saturated rings. The molecule has 0 radical (unpaired) electrons. The number of carbonyl (C=O) groups is 2. The molecule has 0 spiro atoms. The number of imide groups is 1. The van der Waals surface area contributed by atoms with Crippen molar-refractivity contribution >= 4 is 28.8 Å². The molecule has 0 saturated heterocycles. The molecule has 3 aromatic carbocycles. The van der Waals surface area contributed by atoms with Gasteiger partial charge in [0.2, 0.25) is 0 Å². The Kier molecular flexibility index (Phi) is 5.63. The van der Waals surface area contributed by atoms with Crippen LogP contribution in [-0.4, -0.2) is 18.9 Å². The molecule has 4 rings (SSSR count). The molecule has 0 aromatic heterocycles. The Hall–Kier alpha value is -4.14. The summed E-state index contributed by atoms with van der Waals surface area (Å²) in [5.41, 5.74) is -0.938. The number of rotatable bonds is 5. The van der Waals surface area contributed by atoms with Crippen molar-refractivity contribution in [3.8, 4) is 5.75 Å². The number of amides is 2. The molecule has 0 saturated carbocycles. The Bertz CT molecular complexity index is 1270. The molecule has 1 N–H and O–H groups in total. The van der Waals surface area contributed by atoms with Crippen LogP contribution in [0.4, 0.5) is 28.9 Å². The zero-order chi connectivity index (χ0) is 23.8. The van der Waals surface area contributed by atoms with E-state index < -0.39 is 29.4 Å². The van der Waals surface area contributed by atoms with E-state index in [9.17, 15) is 27.2 Å². The van der Waals surface area contributed by atoms with Crippen LogP contribution >= 0.6 is 0 Å². The summed E-state index contributed by atoms with van der Waals surface area (Å²) in [5.74, 6) is -1.88. The third-order valence-electron chi connectivity index (χ3n) is 5.02. The first-order valence-corrected chi connectivity index (χ1v) is 9.67. The minimum absolute atomic E-state index is 0.108. The number of hydrogen-bond acceptors (Lipinski definition) is 4. The Morgan fingerprint density at radius 1 is 0.879 bits per heavy atom. The van der Waals surface area contributed by atoms with E-state index in [0.29, 0.717) is 16.3 Å². The number of hydrogen-bond donors (Lipinski definition) is 1. The molecule has 0 bridgehead atoms. The highest BCUT2D eigenvalue weighted by Crippen LogP contribution is 2.37. The molecular formula is C24H16F4N2O3. The van der Waals surface area contributed by atoms with Gasteiger partial charge in [0.1, 0.15) is 17.3 Å². The topological polar surface area (TPSA) is 58.6 Å². The maximum atomic E-state index is 13.5. The van der Waals surface area contributed by atoms with Crippen LogP contribution in [0.15, 0.2) is 78.5 Å². The molecule has 5 nitrogen and oxygen atoms in total. The first-order chi connectivity index (χ1) is 15.7. The van der Waals surface area contributed by atoms with E-state index in [1.165, 1.54) is 25.3 Å². The number of ether oxygens (including phenoxy) is 1. The van der Waals surface area contributed by atoms with Gasteiger partial charge in [0, 0.05) is 0 Å². The van der Waals surface area contributed by atoms with Gasteiger partial charge in [-0.05, 0) is 48.0 Å². The number of nitrogens with one attached hydrogen (secondary N) is 1. The summed E-state index contributed by atoms with van der Waals surface area (Å²) in [4.78, 5) is 27.3. The SMILES string of the molecule is COc1ccccc1NC1=C(c2ccc(F)cc2)C(=O)N(c2cccc(C(F)(F)F)c2)C1=O. The van der Waals surface area contributed by atoms with Gasteiger partial charge >= 0.3 is 6.18 Å². The van der Waals surface area contributed by atoms with Gasteiger partial charge in [-0.15, -0.1) is 0 Å². The molecule has 33 heavy (non-hydrogen) atoms. The second-order valence-corrected chi connectivity index (χ2v) is 7.08. The molecular weight excluding hydrogens is 440 g/mol. The van der Waals surface area contributed by atoms with Crippen molar-refractivity contribution < 1.29 is 31.9 Å². The van der Waals surface area contributed by atoms with Crippen molar-refractivity contribution in [2.24, 2.45) is 0 Å². The van der Waals surface area contributed by atoms with E-state index in [0.717, 1.165) is 30.3 Å². The molecule has 0 aliphatic carbocycles. The predicted molar refractivity (Wildman–Crippen MR) is 114 cm³/mol. The van der Waals surface area contributed by atoms with Crippen molar-refractivity contribution in [1.82, 2.24) is 0 Å². The summed E-state index contributed by atoms with van der Waals surface area (Å²) in [6.45, 7) is 0. The Morgan fingerprint density at radius 3 is 2.24 bits per heavy atom. The number of benzene rings is 3. The average molecular weight is 456 g/mol. The van der Waals surface area contributed by atoms with Crippen LogP contribution in [-0.2, 0) is 15.8 Å². The van der Waals surface area contributed by atoms with Gasteiger partial charge in [-0.1, -0.05) is 30.3 Å². The van der Waals surface area contributed by atoms with E-state index in [-0.39, 0.29) is 22.5 Å². The van der Waals surface area contributed by atoms with Gasteiger partial charge in [-0.2, -0.15) is 13.2 Å². The van der Waals surface area contributed by atoms with E-state index in [1.54, 1.807) is 24.3 Å². The predicted octanol–water partition coefficient (Wildman–Crippen LogP) is 5.25. The lowest BCUT2D eigenvalue weighted by atomic mass is 10.0. The summed E-state index contributed by atoms with van der Waals surface area (Å²) >= 11 is 0. The second-order valence-electron chi connectivity index (χ2n) is 7.08. The molecule has 1 aliphatic heterocycles. The Morgan fingerprint density at radius 2 is 1.58 bits per heavy atom. The monoisotopic (exact) mass is 456 g/mol. The van der Waals surface area contributed by atoms with Crippen LogP contribution in [0.2, 0.25) is 0 Å². The molecule has 2 amide bonds. The summed E-state index contributed by atoms with van der Waals surface area (Å²) in [7, 11) is 1.42. The van der Waals surface area contributed by atoms with Crippen molar-refractivity contribution in [3.63, 3.8) is 0 Å². The number of alkyl halides is 3. The first kappa shape index (κ1) is 22.1. The van der Waals surface area contributed by atoms with Crippen molar-refractivity contribution in [3.05, 3.63) is 95.4 Å². The van der Waals surface area contributed by atoms with Crippen molar-refractivity contribution in [2.45, 2.75) is 6.18 Å². The number of para-hydroxylation sites is 2. The quantitative estimate of drug-likeness (QED) is 0.421. The van der Waals surface area contributed by atoms with Crippen LogP contribution in [0, 0.1) is 5.82 Å². The fourth-order valence-electron chi connectivity index (χ4n) is 3.47. The number of anilines is 2.